The van der Waals surface area contributed by atoms with Crippen LogP contribution in [-0.4, -0.2) is 20.7 Å². The van der Waals surface area contributed by atoms with Crippen molar-refractivity contribution in [2.24, 2.45) is 0 Å². The zero-order valence-corrected chi connectivity index (χ0v) is 15.0. The molecule has 0 aliphatic rings. The molecule has 0 radical (unpaired) electrons. The summed E-state index contributed by atoms with van der Waals surface area (Å²) in [4.78, 5) is 28.8. The quantitative estimate of drug-likeness (QED) is 0.781. The first kappa shape index (κ1) is 17.0. The summed E-state index contributed by atoms with van der Waals surface area (Å²) in [6.07, 6.45) is 0. The van der Waals surface area contributed by atoms with Gasteiger partial charge in [-0.1, -0.05) is 29.8 Å². The maximum absolute atomic E-state index is 12.4. The summed E-state index contributed by atoms with van der Waals surface area (Å²) in [6.45, 7) is 5.50. The van der Waals surface area contributed by atoms with Crippen LogP contribution in [0.5, 0.6) is 0 Å². The van der Waals surface area contributed by atoms with E-state index in [1.807, 2.05) is 43.5 Å². The van der Waals surface area contributed by atoms with Gasteiger partial charge in [0.1, 0.15) is 6.04 Å². The molecule has 0 spiro atoms. The number of hydrogen-bond acceptors (Lipinski definition) is 5. The Balaban J connectivity index is 1.87. The maximum Gasteiger partial charge on any atom is 0.267 e. The average molecular weight is 354 g/mol. The Kier molecular flexibility index (Phi) is 4.76. The molecule has 1 atom stereocenters. The van der Waals surface area contributed by atoms with Crippen LogP contribution in [0.15, 0.2) is 46.6 Å². The van der Waals surface area contributed by atoms with Gasteiger partial charge >= 0.3 is 0 Å². The maximum atomic E-state index is 12.4. The van der Waals surface area contributed by atoms with Gasteiger partial charge in [0.05, 0.1) is 11.4 Å². The number of anilines is 1. The molecule has 0 saturated carbocycles. The molecule has 1 aromatic carbocycles. The summed E-state index contributed by atoms with van der Waals surface area (Å²) >= 11 is 1.35. The highest BCUT2D eigenvalue weighted by Crippen LogP contribution is 2.18. The molecular formula is C18H18N4O2S. The molecule has 0 unspecified atom stereocenters. The van der Waals surface area contributed by atoms with Gasteiger partial charge in [0.25, 0.3) is 11.5 Å². The standard InChI is InChI=1S/C18H18N4O2S/c1-11-4-6-14(7-5-11)15-8-9-16(23)22(21-15)13(3)17(24)20-18-19-12(2)10-25-18/h4-10,13H,1-3H3,(H,19,20,24)/t13-/m1/s1. The number of aromatic nitrogens is 3. The van der Waals surface area contributed by atoms with Crippen molar-refractivity contribution in [1.29, 1.82) is 0 Å². The van der Waals surface area contributed by atoms with E-state index >= 15 is 0 Å². The minimum absolute atomic E-state index is 0.325. The number of hydrogen-bond donors (Lipinski definition) is 1. The second kappa shape index (κ2) is 6.98. The van der Waals surface area contributed by atoms with Crippen LogP contribution in [0.1, 0.15) is 24.2 Å². The lowest BCUT2D eigenvalue weighted by atomic mass is 10.1. The van der Waals surface area contributed by atoms with Crippen molar-refractivity contribution in [3.8, 4) is 11.3 Å². The Bertz CT molecular complexity index is 960. The Morgan fingerprint density at radius 1 is 1.16 bits per heavy atom. The molecule has 7 heteroatoms. The first-order valence-electron chi connectivity index (χ1n) is 7.84. The minimum atomic E-state index is -0.748. The van der Waals surface area contributed by atoms with Gasteiger partial charge in [0.15, 0.2) is 5.13 Å². The lowest BCUT2D eigenvalue weighted by Crippen LogP contribution is -2.33. The average Bonchev–Trinajstić information content (AvgIpc) is 3.00. The zero-order chi connectivity index (χ0) is 18.0. The van der Waals surface area contributed by atoms with Crippen LogP contribution in [0.4, 0.5) is 5.13 Å². The molecular weight excluding hydrogens is 336 g/mol. The largest absolute Gasteiger partial charge is 0.300 e. The SMILES string of the molecule is Cc1ccc(-c2ccc(=O)n([C@H](C)C(=O)Nc3nc(C)cs3)n2)cc1. The molecule has 1 N–H and O–H groups in total. The molecule has 0 aliphatic carbocycles. The Morgan fingerprint density at radius 3 is 2.52 bits per heavy atom. The Hall–Kier alpha value is -2.80. The van der Waals surface area contributed by atoms with Crippen LogP contribution in [0.2, 0.25) is 0 Å². The highest BCUT2D eigenvalue weighted by Gasteiger charge is 2.19. The first-order chi connectivity index (χ1) is 11.9. The lowest BCUT2D eigenvalue weighted by Gasteiger charge is -2.14. The van der Waals surface area contributed by atoms with Gasteiger partial charge in [0.2, 0.25) is 0 Å². The monoisotopic (exact) mass is 354 g/mol. The number of amides is 1. The van der Waals surface area contributed by atoms with Gasteiger partial charge in [-0.25, -0.2) is 9.67 Å². The number of aryl methyl sites for hydroxylation is 2. The van der Waals surface area contributed by atoms with E-state index in [9.17, 15) is 9.59 Å². The Morgan fingerprint density at radius 2 is 1.88 bits per heavy atom. The van der Waals surface area contributed by atoms with Crippen molar-refractivity contribution in [2.75, 3.05) is 5.32 Å². The minimum Gasteiger partial charge on any atom is -0.300 e. The van der Waals surface area contributed by atoms with Crippen molar-refractivity contribution in [3.63, 3.8) is 0 Å². The molecule has 2 heterocycles. The molecule has 0 fully saturated rings. The van der Waals surface area contributed by atoms with E-state index < -0.39 is 6.04 Å². The number of nitrogens with zero attached hydrogens (tertiary/aromatic N) is 3. The summed E-state index contributed by atoms with van der Waals surface area (Å²) in [5, 5.41) is 9.45. The van der Waals surface area contributed by atoms with Crippen LogP contribution in [0.25, 0.3) is 11.3 Å². The number of thiazole rings is 1. The van der Waals surface area contributed by atoms with Crippen molar-refractivity contribution >= 4 is 22.4 Å². The van der Waals surface area contributed by atoms with E-state index in [-0.39, 0.29) is 11.5 Å². The van der Waals surface area contributed by atoms with E-state index in [0.717, 1.165) is 16.8 Å². The lowest BCUT2D eigenvalue weighted by molar-refractivity contribution is -0.119. The highest BCUT2D eigenvalue weighted by molar-refractivity contribution is 7.13. The van der Waals surface area contributed by atoms with Gasteiger partial charge in [-0.2, -0.15) is 5.10 Å². The molecule has 0 bridgehead atoms. The van der Waals surface area contributed by atoms with Crippen LogP contribution < -0.4 is 10.9 Å². The molecule has 128 valence electrons. The van der Waals surface area contributed by atoms with Gasteiger partial charge in [-0.05, 0) is 26.8 Å². The molecule has 0 saturated heterocycles. The molecule has 3 aromatic rings. The molecule has 3 rings (SSSR count). The van der Waals surface area contributed by atoms with Crippen LogP contribution >= 0.6 is 11.3 Å². The van der Waals surface area contributed by atoms with Gasteiger partial charge in [-0.15, -0.1) is 11.3 Å². The summed E-state index contributed by atoms with van der Waals surface area (Å²) in [7, 11) is 0. The predicted molar refractivity (Wildman–Crippen MR) is 98.9 cm³/mol. The normalized spacial score (nSPS) is 12.0. The van der Waals surface area contributed by atoms with E-state index in [2.05, 4.69) is 15.4 Å². The van der Waals surface area contributed by atoms with Gasteiger partial charge < -0.3 is 5.32 Å². The van der Waals surface area contributed by atoms with E-state index in [4.69, 9.17) is 0 Å². The second-order valence-corrected chi connectivity index (χ2v) is 6.68. The van der Waals surface area contributed by atoms with Gasteiger partial charge in [-0.3, -0.25) is 9.59 Å². The molecule has 25 heavy (non-hydrogen) atoms. The van der Waals surface area contributed by atoms with Crippen LogP contribution in [-0.2, 0) is 4.79 Å². The molecule has 1 amide bonds. The number of carbonyl (C=O) groups excluding carboxylic acids is 1. The van der Waals surface area contributed by atoms with Gasteiger partial charge in [0, 0.05) is 17.0 Å². The summed E-state index contributed by atoms with van der Waals surface area (Å²) in [5.74, 6) is -0.329. The van der Waals surface area contributed by atoms with Crippen molar-refractivity contribution in [1.82, 2.24) is 14.8 Å². The molecule has 6 nitrogen and oxygen atoms in total. The molecule has 2 aromatic heterocycles. The zero-order valence-electron chi connectivity index (χ0n) is 14.2. The highest BCUT2D eigenvalue weighted by atomic mass is 32.1. The summed E-state index contributed by atoms with van der Waals surface area (Å²) in [6, 6.07) is 10.2. The summed E-state index contributed by atoms with van der Waals surface area (Å²) < 4.78 is 1.20. The topological polar surface area (TPSA) is 76.9 Å². The van der Waals surface area contributed by atoms with E-state index in [1.165, 1.54) is 22.1 Å². The van der Waals surface area contributed by atoms with E-state index in [1.54, 1.807) is 13.0 Å². The fraction of sp³-hybridized carbons (Fsp3) is 0.222. The first-order valence-corrected chi connectivity index (χ1v) is 8.72. The number of rotatable bonds is 4. The van der Waals surface area contributed by atoms with Crippen LogP contribution in [0, 0.1) is 13.8 Å². The fourth-order valence-electron chi connectivity index (χ4n) is 2.31. The number of nitrogens with one attached hydrogen (secondary N) is 1. The third-order valence-electron chi connectivity index (χ3n) is 3.77. The third kappa shape index (κ3) is 3.83. The number of carbonyl (C=O) groups is 1. The van der Waals surface area contributed by atoms with Crippen LogP contribution in [0.3, 0.4) is 0 Å². The fourth-order valence-corrected chi connectivity index (χ4v) is 3.00. The Labute approximate surface area is 149 Å². The van der Waals surface area contributed by atoms with Crippen molar-refractivity contribution in [3.05, 3.63) is 63.4 Å². The van der Waals surface area contributed by atoms with E-state index in [0.29, 0.717) is 10.8 Å². The predicted octanol–water partition coefficient (Wildman–Crippen LogP) is 3.18. The van der Waals surface area contributed by atoms with Crippen molar-refractivity contribution < 1.29 is 4.79 Å². The van der Waals surface area contributed by atoms with Crippen molar-refractivity contribution in [2.45, 2.75) is 26.8 Å². The summed E-state index contributed by atoms with van der Waals surface area (Å²) in [5.41, 5.74) is 3.19. The molecule has 0 aliphatic heterocycles. The smallest absolute Gasteiger partial charge is 0.267 e. The number of benzene rings is 1. The second-order valence-electron chi connectivity index (χ2n) is 5.83. The third-order valence-corrected chi connectivity index (χ3v) is 4.64.